The predicted octanol–water partition coefficient (Wildman–Crippen LogP) is 2.02. The van der Waals surface area contributed by atoms with Crippen LogP contribution in [0.5, 0.6) is 0 Å². The number of amides is 3. The third kappa shape index (κ3) is 4.97. The molecule has 0 aliphatic carbocycles. The smallest absolute Gasteiger partial charge is 0.319 e. The van der Waals surface area contributed by atoms with Crippen molar-refractivity contribution in [3.8, 4) is 0 Å². The molecule has 0 bridgehead atoms. The molecule has 0 aromatic heterocycles. The zero-order valence-corrected chi connectivity index (χ0v) is 15.6. The van der Waals surface area contributed by atoms with Gasteiger partial charge in [0.15, 0.2) is 0 Å². The highest BCUT2D eigenvalue weighted by atomic mass is 16.4. The average molecular weight is 361 g/mol. The van der Waals surface area contributed by atoms with Crippen LogP contribution in [0.3, 0.4) is 0 Å². The molecular formula is C19H27N3O4. The number of urea groups is 1. The van der Waals surface area contributed by atoms with Crippen LogP contribution in [-0.4, -0.2) is 60.0 Å². The van der Waals surface area contributed by atoms with Crippen LogP contribution in [0.2, 0.25) is 0 Å². The Kier molecular flexibility index (Phi) is 6.60. The summed E-state index contributed by atoms with van der Waals surface area (Å²) in [7, 11) is 3.42. The van der Waals surface area contributed by atoms with E-state index in [1.54, 1.807) is 19.0 Å². The van der Waals surface area contributed by atoms with E-state index in [1.165, 1.54) is 4.90 Å². The Hall–Kier alpha value is -2.57. The van der Waals surface area contributed by atoms with E-state index >= 15 is 0 Å². The Morgan fingerprint density at radius 3 is 2.38 bits per heavy atom. The number of hydrogen-bond donors (Lipinski definition) is 2. The van der Waals surface area contributed by atoms with E-state index in [0.29, 0.717) is 25.9 Å². The molecule has 7 nitrogen and oxygen atoms in total. The molecule has 0 saturated carbocycles. The number of piperidine rings is 1. The highest BCUT2D eigenvalue weighted by Gasteiger charge is 2.30. The standard InChI is InChI=1S/C19H27N3O4/c1-13-6-4-5-7-15(13)16(12-17(23)24)20-18(25)14-8-10-22(11-9-14)19(26)21(2)3/h4-7,14,16H,8-12H2,1-3H3,(H,20,25)(H,23,24). The number of aliphatic carboxylic acids is 1. The number of benzene rings is 1. The zero-order chi connectivity index (χ0) is 19.3. The van der Waals surface area contributed by atoms with Gasteiger partial charge in [0.05, 0.1) is 12.5 Å². The minimum atomic E-state index is -0.954. The average Bonchev–Trinajstić information content (AvgIpc) is 2.60. The molecular weight excluding hydrogens is 334 g/mol. The summed E-state index contributed by atoms with van der Waals surface area (Å²) in [6, 6.07) is 6.88. The summed E-state index contributed by atoms with van der Waals surface area (Å²) < 4.78 is 0. The quantitative estimate of drug-likeness (QED) is 0.840. The number of carbonyl (C=O) groups is 3. The summed E-state index contributed by atoms with van der Waals surface area (Å²) in [4.78, 5) is 39.1. The van der Waals surface area contributed by atoms with Crippen molar-refractivity contribution >= 4 is 17.9 Å². The van der Waals surface area contributed by atoms with Crippen molar-refractivity contribution in [2.75, 3.05) is 27.2 Å². The number of likely N-dealkylation sites (tertiary alicyclic amines) is 1. The Morgan fingerprint density at radius 2 is 1.85 bits per heavy atom. The van der Waals surface area contributed by atoms with E-state index in [1.807, 2.05) is 31.2 Å². The number of aryl methyl sites for hydroxylation is 1. The van der Waals surface area contributed by atoms with Crippen LogP contribution in [0.15, 0.2) is 24.3 Å². The maximum atomic E-state index is 12.7. The summed E-state index contributed by atoms with van der Waals surface area (Å²) in [5.74, 6) is -1.30. The predicted molar refractivity (Wildman–Crippen MR) is 97.7 cm³/mol. The van der Waals surface area contributed by atoms with Crippen LogP contribution < -0.4 is 5.32 Å². The molecule has 2 N–H and O–H groups in total. The molecule has 26 heavy (non-hydrogen) atoms. The van der Waals surface area contributed by atoms with E-state index in [2.05, 4.69) is 5.32 Å². The van der Waals surface area contributed by atoms with Crippen molar-refractivity contribution in [1.82, 2.24) is 15.1 Å². The summed E-state index contributed by atoms with van der Waals surface area (Å²) in [6.45, 7) is 2.97. The van der Waals surface area contributed by atoms with E-state index < -0.39 is 12.0 Å². The summed E-state index contributed by atoms with van der Waals surface area (Å²) in [5.41, 5.74) is 1.77. The number of nitrogens with one attached hydrogen (secondary N) is 1. The van der Waals surface area contributed by atoms with Gasteiger partial charge in [-0.25, -0.2) is 4.79 Å². The lowest BCUT2D eigenvalue weighted by Crippen LogP contribution is -2.47. The van der Waals surface area contributed by atoms with Crippen molar-refractivity contribution in [3.05, 3.63) is 35.4 Å². The highest BCUT2D eigenvalue weighted by Crippen LogP contribution is 2.24. The van der Waals surface area contributed by atoms with Gasteiger partial charge >= 0.3 is 12.0 Å². The van der Waals surface area contributed by atoms with Gasteiger partial charge in [0.2, 0.25) is 5.91 Å². The van der Waals surface area contributed by atoms with Crippen LogP contribution in [-0.2, 0) is 9.59 Å². The summed E-state index contributed by atoms with van der Waals surface area (Å²) >= 11 is 0. The van der Waals surface area contributed by atoms with Crippen LogP contribution >= 0.6 is 0 Å². The molecule has 1 unspecified atom stereocenters. The second-order valence-electron chi connectivity index (χ2n) is 6.95. The number of nitrogens with zero attached hydrogens (tertiary/aromatic N) is 2. The zero-order valence-electron chi connectivity index (χ0n) is 15.6. The molecule has 0 radical (unpaired) electrons. The first-order valence-electron chi connectivity index (χ1n) is 8.83. The lowest BCUT2D eigenvalue weighted by Gasteiger charge is -2.33. The minimum Gasteiger partial charge on any atom is -0.481 e. The Balaban J connectivity index is 2.01. The molecule has 142 valence electrons. The van der Waals surface area contributed by atoms with E-state index in [4.69, 9.17) is 0 Å². The SMILES string of the molecule is Cc1ccccc1C(CC(=O)O)NC(=O)C1CCN(C(=O)N(C)C)CC1. The van der Waals surface area contributed by atoms with Crippen molar-refractivity contribution in [1.29, 1.82) is 0 Å². The second-order valence-corrected chi connectivity index (χ2v) is 6.95. The van der Waals surface area contributed by atoms with Crippen molar-refractivity contribution in [3.63, 3.8) is 0 Å². The molecule has 1 fully saturated rings. The van der Waals surface area contributed by atoms with E-state index in [0.717, 1.165) is 11.1 Å². The summed E-state index contributed by atoms with van der Waals surface area (Å²) in [6.07, 6.45) is 1.01. The Labute approximate surface area is 154 Å². The first kappa shape index (κ1) is 19.8. The van der Waals surface area contributed by atoms with Gasteiger partial charge in [0.25, 0.3) is 0 Å². The maximum Gasteiger partial charge on any atom is 0.319 e. The molecule has 1 saturated heterocycles. The van der Waals surface area contributed by atoms with Gasteiger partial charge in [0, 0.05) is 33.1 Å². The molecule has 1 atom stereocenters. The Bertz CT molecular complexity index is 667. The van der Waals surface area contributed by atoms with E-state index in [9.17, 15) is 19.5 Å². The first-order valence-corrected chi connectivity index (χ1v) is 8.83. The van der Waals surface area contributed by atoms with Gasteiger partial charge in [-0.1, -0.05) is 24.3 Å². The molecule has 2 rings (SSSR count). The van der Waals surface area contributed by atoms with Crippen molar-refractivity contribution < 1.29 is 19.5 Å². The van der Waals surface area contributed by atoms with Gasteiger partial charge in [-0.05, 0) is 30.9 Å². The molecule has 0 spiro atoms. The monoisotopic (exact) mass is 361 g/mol. The number of carboxylic acids is 1. The minimum absolute atomic E-state index is 0.0486. The topological polar surface area (TPSA) is 90.0 Å². The van der Waals surface area contributed by atoms with Gasteiger partial charge in [-0.2, -0.15) is 0 Å². The van der Waals surface area contributed by atoms with Gasteiger partial charge in [-0.3, -0.25) is 9.59 Å². The van der Waals surface area contributed by atoms with Crippen LogP contribution in [0.25, 0.3) is 0 Å². The number of hydrogen-bond acceptors (Lipinski definition) is 3. The third-order valence-electron chi connectivity index (χ3n) is 4.78. The third-order valence-corrected chi connectivity index (χ3v) is 4.78. The fourth-order valence-electron chi connectivity index (χ4n) is 3.30. The van der Waals surface area contributed by atoms with Crippen molar-refractivity contribution in [2.45, 2.75) is 32.2 Å². The first-order chi connectivity index (χ1) is 12.3. The molecule has 1 aliphatic heterocycles. The fourth-order valence-corrected chi connectivity index (χ4v) is 3.30. The molecule has 1 aromatic carbocycles. The lowest BCUT2D eigenvalue weighted by atomic mass is 9.93. The van der Waals surface area contributed by atoms with Crippen LogP contribution in [0, 0.1) is 12.8 Å². The molecule has 1 aliphatic rings. The lowest BCUT2D eigenvalue weighted by molar-refractivity contribution is -0.138. The van der Waals surface area contributed by atoms with Crippen LogP contribution in [0.1, 0.15) is 36.4 Å². The normalized spacial score (nSPS) is 16.0. The number of carbonyl (C=O) groups excluding carboxylic acids is 2. The van der Waals surface area contributed by atoms with Gasteiger partial charge in [0.1, 0.15) is 0 Å². The number of carboxylic acid groups (broad SMARTS) is 1. The van der Waals surface area contributed by atoms with Crippen LogP contribution in [0.4, 0.5) is 4.79 Å². The number of rotatable bonds is 5. The van der Waals surface area contributed by atoms with E-state index in [-0.39, 0.29) is 24.3 Å². The van der Waals surface area contributed by atoms with Crippen molar-refractivity contribution in [2.24, 2.45) is 5.92 Å². The highest BCUT2D eigenvalue weighted by molar-refractivity contribution is 5.81. The molecule has 7 heteroatoms. The molecule has 1 heterocycles. The van der Waals surface area contributed by atoms with Gasteiger partial charge in [-0.15, -0.1) is 0 Å². The maximum absolute atomic E-state index is 12.7. The molecule has 1 aromatic rings. The van der Waals surface area contributed by atoms with Gasteiger partial charge < -0.3 is 20.2 Å². The largest absolute Gasteiger partial charge is 0.481 e. The molecule has 3 amide bonds. The fraction of sp³-hybridized carbons (Fsp3) is 0.526. The second kappa shape index (κ2) is 8.69. The summed E-state index contributed by atoms with van der Waals surface area (Å²) in [5, 5.41) is 12.1. The Morgan fingerprint density at radius 1 is 1.23 bits per heavy atom.